The summed E-state index contributed by atoms with van der Waals surface area (Å²) in [5.74, 6) is -0.413. The first-order valence-electron chi connectivity index (χ1n) is 7.48. The molecule has 2 saturated heterocycles. The van der Waals surface area contributed by atoms with Crippen LogP contribution in [-0.4, -0.2) is 73.0 Å². The van der Waals surface area contributed by atoms with E-state index < -0.39 is 0 Å². The molecule has 0 saturated carbocycles. The van der Waals surface area contributed by atoms with E-state index in [-0.39, 0.29) is 30.2 Å². The quantitative estimate of drug-likeness (QED) is 0.700. The number of hydrogen-bond donors (Lipinski definition) is 1. The van der Waals surface area contributed by atoms with Crippen LogP contribution in [0.4, 0.5) is 0 Å². The molecule has 0 aromatic heterocycles. The Labute approximate surface area is 124 Å². The number of carbonyl (C=O) groups is 3. The van der Waals surface area contributed by atoms with Crippen LogP contribution >= 0.6 is 0 Å². The van der Waals surface area contributed by atoms with Gasteiger partial charge in [0.15, 0.2) is 0 Å². The molecule has 0 aliphatic carbocycles. The Morgan fingerprint density at radius 1 is 1.14 bits per heavy atom. The lowest BCUT2D eigenvalue weighted by molar-refractivity contribution is -0.141. The smallest absolute Gasteiger partial charge is 0.232 e. The average molecular weight is 297 g/mol. The number of ether oxygens (including phenoxy) is 1. The van der Waals surface area contributed by atoms with Crippen molar-refractivity contribution < 1.29 is 19.1 Å². The van der Waals surface area contributed by atoms with Gasteiger partial charge in [0.2, 0.25) is 17.7 Å². The maximum absolute atomic E-state index is 12.0. The van der Waals surface area contributed by atoms with Gasteiger partial charge in [0.1, 0.15) is 6.42 Å². The molecule has 1 unspecified atom stereocenters. The van der Waals surface area contributed by atoms with Crippen molar-refractivity contribution in [1.29, 1.82) is 0 Å². The maximum atomic E-state index is 12.0. The molecule has 7 nitrogen and oxygen atoms in total. The van der Waals surface area contributed by atoms with Gasteiger partial charge in [-0.2, -0.15) is 0 Å². The first-order chi connectivity index (χ1) is 10.1. The van der Waals surface area contributed by atoms with Gasteiger partial charge in [-0.15, -0.1) is 0 Å². The molecule has 2 rings (SSSR count). The molecule has 0 radical (unpaired) electrons. The highest BCUT2D eigenvalue weighted by Crippen LogP contribution is 2.10. The summed E-state index contributed by atoms with van der Waals surface area (Å²) >= 11 is 0. The molecule has 118 valence electrons. The van der Waals surface area contributed by atoms with Crippen LogP contribution in [0.15, 0.2) is 0 Å². The van der Waals surface area contributed by atoms with E-state index in [9.17, 15) is 14.4 Å². The van der Waals surface area contributed by atoms with Gasteiger partial charge in [-0.05, 0) is 12.8 Å². The molecule has 1 atom stereocenters. The summed E-state index contributed by atoms with van der Waals surface area (Å²) in [5.41, 5.74) is 0. The largest absolute Gasteiger partial charge is 0.376 e. The van der Waals surface area contributed by atoms with E-state index in [1.54, 1.807) is 9.80 Å². The van der Waals surface area contributed by atoms with Gasteiger partial charge in [0.25, 0.3) is 0 Å². The molecule has 21 heavy (non-hydrogen) atoms. The minimum Gasteiger partial charge on any atom is -0.376 e. The standard InChI is InChI=1S/C14H23N3O4/c1-11(18)16-4-6-17(7-5-16)14(20)9-13(19)15-10-12-3-2-8-21-12/h12H,2-10H2,1H3,(H,15,19). The summed E-state index contributed by atoms with van der Waals surface area (Å²) in [5, 5.41) is 2.75. The SMILES string of the molecule is CC(=O)N1CCN(C(=O)CC(=O)NCC2CCCO2)CC1. The molecule has 7 heteroatoms. The second-order valence-electron chi connectivity index (χ2n) is 5.50. The summed E-state index contributed by atoms with van der Waals surface area (Å²) in [6.07, 6.45) is 1.94. The van der Waals surface area contributed by atoms with Crippen molar-refractivity contribution >= 4 is 17.7 Å². The van der Waals surface area contributed by atoms with Gasteiger partial charge < -0.3 is 19.9 Å². The van der Waals surface area contributed by atoms with Crippen molar-refractivity contribution in [3.8, 4) is 0 Å². The molecule has 2 aliphatic rings. The van der Waals surface area contributed by atoms with Crippen LogP contribution < -0.4 is 5.32 Å². The zero-order valence-corrected chi connectivity index (χ0v) is 12.5. The van der Waals surface area contributed by atoms with Gasteiger partial charge in [-0.1, -0.05) is 0 Å². The molecule has 3 amide bonds. The maximum Gasteiger partial charge on any atom is 0.232 e. The number of piperazine rings is 1. The lowest BCUT2D eigenvalue weighted by Crippen LogP contribution is -2.50. The Hall–Kier alpha value is -1.63. The normalized spacial score (nSPS) is 22.2. The van der Waals surface area contributed by atoms with Crippen LogP contribution in [0.2, 0.25) is 0 Å². The molecule has 2 heterocycles. The zero-order valence-electron chi connectivity index (χ0n) is 12.5. The van der Waals surface area contributed by atoms with Crippen molar-refractivity contribution in [2.75, 3.05) is 39.3 Å². The van der Waals surface area contributed by atoms with Crippen molar-refractivity contribution in [1.82, 2.24) is 15.1 Å². The van der Waals surface area contributed by atoms with E-state index in [0.717, 1.165) is 19.4 Å². The summed E-state index contributed by atoms with van der Waals surface area (Å²) in [6.45, 7) is 4.83. The van der Waals surface area contributed by atoms with Crippen LogP contribution in [0.25, 0.3) is 0 Å². The summed E-state index contributed by atoms with van der Waals surface area (Å²) < 4.78 is 5.41. The third kappa shape index (κ3) is 4.70. The summed E-state index contributed by atoms with van der Waals surface area (Å²) in [7, 11) is 0. The Bertz CT molecular complexity index is 399. The van der Waals surface area contributed by atoms with Crippen LogP contribution in [0.3, 0.4) is 0 Å². The summed E-state index contributed by atoms with van der Waals surface area (Å²) in [6, 6.07) is 0. The predicted molar refractivity (Wildman–Crippen MR) is 75.4 cm³/mol. The van der Waals surface area contributed by atoms with E-state index in [1.165, 1.54) is 6.92 Å². The summed E-state index contributed by atoms with van der Waals surface area (Å²) in [4.78, 5) is 38.3. The number of nitrogens with one attached hydrogen (secondary N) is 1. The minimum atomic E-state index is -0.260. The molecular weight excluding hydrogens is 274 g/mol. The lowest BCUT2D eigenvalue weighted by atomic mass is 10.2. The van der Waals surface area contributed by atoms with E-state index >= 15 is 0 Å². The van der Waals surface area contributed by atoms with Gasteiger partial charge in [0, 0.05) is 46.3 Å². The second kappa shape index (κ2) is 7.40. The fourth-order valence-electron chi connectivity index (χ4n) is 2.62. The Kier molecular flexibility index (Phi) is 5.55. The van der Waals surface area contributed by atoms with Gasteiger partial charge in [-0.3, -0.25) is 14.4 Å². The van der Waals surface area contributed by atoms with E-state index in [1.807, 2.05) is 0 Å². The molecule has 2 fully saturated rings. The first kappa shape index (κ1) is 15.8. The Morgan fingerprint density at radius 2 is 1.81 bits per heavy atom. The fourth-order valence-corrected chi connectivity index (χ4v) is 2.62. The third-order valence-corrected chi connectivity index (χ3v) is 3.94. The monoisotopic (exact) mass is 297 g/mol. The number of amides is 3. The van der Waals surface area contributed by atoms with E-state index in [4.69, 9.17) is 4.74 Å². The number of carbonyl (C=O) groups excluding carboxylic acids is 3. The van der Waals surface area contributed by atoms with Crippen LogP contribution in [0, 0.1) is 0 Å². The van der Waals surface area contributed by atoms with Gasteiger partial charge in [-0.25, -0.2) is 0 Å². The molecule has 2 aliphatic heterocycles. The highest BCUT2D eigenvalue weighted by Gasteiger charge is 2.24. The fraction of sp³-hybridized carbons (Fsp3) is 0.786. The number of rotatable bonds is 4. The van der Waals surface area contributed by atoms with E-state index in [0.29, 0.717) is 32.7 Å². The lowest BCUT2D eigenvalue weighted by Gasteiger charge is -2.34. The van der Waals surface area contributed by atoms with Crippen molar-refractivity contribution in [2.45, 2.75) is 32.3 Å². The number of hydrogen-bond acceptors (Lipinski definition) is 4. The molecule has 1 N–H and O–H groups in total. The molecule has 0 aromatic carbocycles. The average Bonchev–Trinajstić information content (AvgIpc) is 2.98. The van der Waals surface area contributed by atoms with Crippen LogP contribution in [0.1, 0.15) is 26.2 Å². The Balaban J connectivity index is 1.66. The third-order valence-electron chi connectivity index (χ3n) is 3.94. The minimum absolute atomic E-state index is 0.0244. The second-order valence-corrected chi connectivity index (χ2v) is 5.50. The van der Waals surface area contributed by atoms with Gasteiger partial charge in [0.05, 0.1) is 6.10 Å². The predicted octanol–water partition coefficient (Wildman–Crippen LogP) is -0.638. The van der Waals surface area contributed by atoms with E-state index in [2.05, 4.69) is 5.32 Å². The molecule has 0 bridgehead atoms. The van der Waals surface area contributed by atoms with Crippen LogP contribution in [-0.2, 0) is 19.1 Å². The van der Waals surface area contributed by atoms with Crippen LogP contribution in [0.5, 0.6) is 0 Å². The topological polar surface area (TPSA) is 79.0 Å². The molecule has 0 aromatic rings. The van der Waals surface area contributed by atoms with Crippen molar-refractivity contribution in [3.63, 3.8) is 0 Å². The molecular formula is C14H23N3O4. The first-order valence-corrected chi connectivity index (χ1v) is 7.48. The van der Waals surface area contributed by atoms with Crippen molar-refractivity contribution in [2.24, 2.45) is 0 Å². The highest BCUT2D eigenvalue weighted by molar-refractivity contribution is 5.97. The van der Waals surface area contributed by atoms with Gasteiger partial charge >= 0.3 is 0 Å². The highest BCUT2D eigenvalue weighted by atomic mass is 16.5. The van der Waals surface area contributed by atoms with Crippen molar-refractivity contribution in [3.05, 3.63) is 0 Å². The zero-order chi connectivity index (χ0) is 15.2. The molecule has 0 spiro atoms. The Morgan fingerprint density at radius 3 is 2.38 bits per heavy atom. The number of nitrogens with zero attached hydrogens (tertiary/aromatic N) is 2.